The highest BCUT2D eigenvalue weighted by Gasteiger charge is 2.16. The van der Waals surface area contributed by atoms with E-state index >= 15 is 0 Å². The van der Waals surface area contributed by atoms with Crippen molar-refractivity contribution in [2.75, 3.05) is 6.61 Å². The van der Waals surface area contributed by atoms with Crippen LogP contribution in [0.1, 0.15) is 18.1 Å². The van der Waals surface area contributed by atoms with Gasteiger partial charge < -0.3 is 14.4 Å². The lowest BCUT2D eigenvalue weighted by Gasteiger charge is -2.07. The lowest BCUT2D eigenvalue weighted by Crippen LogP contribution is -1.97. The van der Waals surface area contributed by atoms with Gasteiger partial charge >= 0.3 is 0 Å². The van der Waals surface area contributed by atoms with Gasteiger partial charge in [0.25, 0.3) is 0 Å². The Hall–Kier alpha value is -4.84. The molecule has 0 saturated carbocycles. The Balaban J connectivity index is 1.45. The summed E-state index contributed by atoms with van der Waals surface area (Å²) in [5.74, 6) is 1.24. The van der Waals surface area contributed by atoms with Gasteiger partial charge in [-0.25, -0.2) is 9.98 Å². The van der Waals surface area contributed by atoms with Gasteiger partial charge in [-0.1, -0.05) is 54.6 Å². The topological polar surface area (TPSA) is 64.0 Å². The second kappa shape index (κ2) is 9.66. The molecule has 0 amide bonds. The maximum atomic E-state index is 10.2. The molecule has 6 aromatic rings. The zero-order chi connectivity index (χ0) is 25.2. The molecule has 6 heteroatoms. The summed E-state index contributed by atoms with van der Waals surface area (Å²) >= 11 is 0. The summed E-state index contributed by atoms with van der Waals surface area (Å²) in [7, 11) is 0. The molecule has 0 spiro atoms. The van der Waals surface area contributed by atoms with Crippen LogP contribution >= 0.6 is 0 Å². The second-order valence-corrected chi connectivity index (χ2v) is 8.80. The molecule has 6 nitrogen and oxygen atoms in total. The molecule has 1 N–H and O–H groups in total. The molecule has 0 radical (unpaired) electrons. The molecule has 3 aromatic carbocycles. The number of imidazole rings is 1. The van der Waals surface area contributed by atoms with Crippen molar-refractivity contribution < 1.29 is 9.84 Å². The van der Waals surface area contributed by atoms with Crippen LogP contribution in [0.3, 0.4) is 0 Å². The molecule has 3 heterocycles. The van der Waals surface area contributed by atoms with Crippen molar-refractivity contribution in [3.8, 4) is 22.8 Å². The van der Waals surface area contributed by atoms with Crippen molar-refractivity contribution in [2.45, 2.75) is 13.5 Å². The fourth-order valence-corrected chi connectivity index (χ4v) is 4.65. The number of aliphatic imine (C=N–C) groups is 1. The third kappa shape index (κ3) is 4.34. The van der Waals surface area contributed by atoms with E-state index in [1.54, 1.807) is 6.07 Å². The van der Waals surface area contributed by atoms with Crippen molar-refractivity contribution in [2.24, 2.45) is 4.99 Å². The highest BCUT2D eigenvalue weighted by Crippen LogP contribution is 2.36. The fraction of sp³-hybridized carbons (Fsp3) is 0.0968. The minimum absolute atomic E-state index is 0.102. The summed E-state index contributed by atoms with van der Waals surface area (Å²) in [4.78, 5) is 9.82. The third-order valence-corrected chi connectivity index (χ3v) is 6.38. The van der Waals surface area contributed by atoms with Gasteiger partial charge in [-0.15, -0.1) is 0 Å². The van der Waals surface area contributed by atoms with Crippen LogP contribution in [0.15, 0.2) is 108 Å². The van der Waals surface area contributed by atoms with Crippen LogP contribution < -0.4 is 4.74 Å². The summed E-state index contributed by atoms with van der Waals surface area (Å²) < 4.78 is 9.85. The van der Waals surface area contributed by atoms with Crippen molar-refractivity contribution in [1.82, 2.24) is 14.0 Å². The number of aromatic nitrogens is 3. The Labute approximate surface area is 214 Å². The van der Waals surface area contributed by atoms with Crippen molar-refractivity contribution in [3.63, 3.8) is 0 Å². The van der Waals surface area contributed by atoms with Gasteiger partial charge in [-0.05, 0) is 48.9 Å². The number of hydrogen-bond acceptors (Lipinski definition) is 4. The molecular formula is C31H26N4O2. The van der Waals surface area contributed by atoms with Crippen molar-refractivity contribution in [1.29, 1.82) is 0 Å². The number of fused-ring (bicyclic) bond motifs is 2. The van der Waals surface area contributed by atoms with Gasteiger partial charge in [0.1, 0.15) is 11.3 Å². The minimum atomic E-state index is 0.102. The van der Waals surface area contributed by atoms with Crippen LogP contribution in [0.5, 0.6) is 11.5 Å². The first-order valence-corrected chi connectivity index (χ1v) is 12.3. The Morgan fingerprint density at radius 3 is 2.62 bits per heavy atom. The molecular weight excluding hydrogens is 460 g/mol. The molecule has 0 saturated heterocycles. The summed E-state index contributed by atoms with van der Waals surface area (Å²) in [6, 6.07) is 30.0. The van der Waals surface area contributed by atoms with Crippen LogP contribution in [0.4, 0.5) is 5.82 Å². The molecule has 0 aliphatic heterocycles. The van der Waals surface area contributed by atoms with Gasteiger partial charge in [0.15, 0.2) is 17.3 Å². The van der Waals surface area contributed by atoms with Crippen LogP contribution in [0.25, 0.3) is 27.8 Å². The number of phenols is 1. The number of para-hydroxylation sites is 1. The molecule has 0 bridgehead atoms. The van der Waals surface area contributed by atoms with E-state index in [0.717, 1.165) is 39.9 Å². The quantitative estimate of drug-likeness (QED) is 0.251. The predicted octanol–water partition coefficient (Wildman–Crippen LogP) is 6.86. The lowest BCUT2D eigenvalue weighted by molar-refractivity contribution is 0.318. The first-order valence-electron chi connectivity index (χ1n) is 12.3. The maximum absolute atomic E-state index is 10.2. The van der Waals surface area contributed by atoms with E-state index in [1.165, 1.54) is 5.56 Å². The number of hydrogen-bond donors (Lipinski definition) is 1. The molecule has 6 rings (SSSR count). The van der Waals surface area contributed by atoms with Gasteiger partial charge in [-0.2, -0.15) is 0 Å². The predicted molar refractivity (Wildman–Crippen MR) is 148 cm³/mol. The van der Waals surface area contributed by atoms with Gasteiger partial charge in [0.05, 0.1) is 6.61 Å². The number of phenolic OH excluding ortho intramolecular Hbond substituents is 1. The van der Waals surface area contributed by atoms with Crippen LogP contribution in [0, 0.1) is 0 Å². The molecule has 37 heavy (non-hydrogen) atoms. The van der Waals surface area contributed by atoms with Crippen LogP contribution in [0.2, 0.25) is 0 Å². The van der Waals surface area contributed by atoms with E-state index in [2.05, 4.69) is 59.3 Å². The first-order chi connectivity index (χ1) is 18.2. The molecule has 0 aliphatic rings. The minimum Gasteiger partial charge on any atom is -0.504 e. The fourth-order valence-electron chi connectivity index (χ4n) is 4.65. The molecule has 0 fully saturated rings. The number of benzene rings is 3. The highest BCUT2D eigenvalue weighted by atomic mass is 16.5. The SMILES string of the molecule is CCOc1cc(-c2nc3ccccn3c2N=Cc2cn(Cc3ccccc3)c3ccccc23)ccc1O. The number of nitrogens with zero attached hydrogens (tertiary/aromatic N) is 4. The number of aromatic hydroxyl groups is 1. The van der Waals surface area contributed by atoms with E-state index in [9.17, 15) is 5.11 Å². The van der Waals surface area contributed by atoms with Gasteiger partial charge in [0, 0.05) is 47.2 Å². The molecule has 0 aliphatic carbocycles. The summed E-state index contributed by atoms with van der Waals surface area (Å²) in [6.07, 6.45) is 6.02. The number of pyridine rings is 1. The molecule has 3 aromatic heterocycles. The Kier molecular flexibility index (Phi) is 5.91. The number of rotatable bonds is 7. The molecule has 182 valence electrons. The lowest BCUT2D eigenvalue weighted by atomic mass is 10.1. The zero-order valence-electron chi connectivity index (χ0n) is 20.5. The van der Waals surface area contributed by atoms with Gasteiger partial charge in [0.2, 0.25) is 0 Å². The third-order valence-electron chi connectivity index (χ3n) is 6.38. The maximum Gasteiger partial charge on any atom is 0.165 e. The smallest absolute Gasteiger partial charge is 0.165 e. The monoisotopic (exact) mass is 486 g/mol. The van der Waals surface area contributed by atoms with Crippen molar-refractivity contribution in [3.05, 3.63) is 115 Å². The Morgan fingerprint density at radius 2 is 1.76 bits per heavy atom. The van der Waals surface area contributed by atoms with E-state index in [4.69, 9.17) is 14.7 Å². The number of ether oxygens (including phenoxy) is 1. The zero-order valence-corrected chi connectivity index (χ0v) is 20.5. The van der Waals surface area contributed by atoms with E-state index in [-0.39, 0.29) is 5.75 Å². The van der Waals surface area contributed by atoms with Crippen LogP contribution in [-0.4, -0.2) is 31.9 Å². The first kappa shape index (κ1) is 22.6. The molecule has 0 unspecified atom stereocenters. The van der Waals surface area contributed by atoms with Gasteiger partial charge in [-0.3, -0.25) is 4.40 Å². The van der Waals surface area contributed by atoms with Crippen LogP contribution in [-0.2, 0) is 6.54 Å². The summed E-state index contributed by atoms with van der Waals surface area (Å²) in [5, 5.41) is 11.3. The standard InChI is InChI=1S/C31H26N4O2/c1-2-37-28-18-23(15-16-27(28)36)30-31(35-17-9-8-14-29(35)33-30)32-19-24-21-34(20-22-10-4-3-5-11-22)26-13-7-6-12-25(24)26/h3-19,21,36H,2,20H2,1H3. The average molecular weight is 487 g/mol. The largest absolute Gasteiger partial charge is 0.504 e. The average Bonchev–Trinajstić information content (AvgIpc) is 3.48. The summed E-state index contributed by atoms with van der Waals surface area (Å²) in [6.45, 7) is 3.13. The van der Waals surface area contributed by atoms with E-state index in [0.29, 0.717) is 18.2 Å². The highest BCUT2D eigenvalue weighted by molar-refractivity contribution is 6.00. The Bertz CT molecular complexity index is 1730. The van der Waals surface area contributed by atoms with E-state index < -0.39 is 0 Å². The summed E-state index contributed by atoms with van der Waals surface area (Å²) in [5.41, 5.74) is 5.77. The second-order valence-electron chi connectivity index (χ2n) is 8.80. The molecule has 0 atom stereocenters. The normalized spacial score (nSPS) is 11.6. The Morgan fingerprint density at radius 1 is 0.946 bits per heavy atom. The van der Waals surface area contributed by atoms with Crippen molar-refractivity contribution >= 4 is 28.6 Å². The van der Waals surface area contributed by atoms with E-state index in [1.807, 2.05) is 60.1 Å².